The van der Waals surface area contributed by atoms with Gasteiger partial charge < -0.3 is 14.8 Å². The lowest BCUT2D eigenvalue weighted by atomic mass is 9.97. The number of carbonyl (C=O) groups is 2. The predicted molar refractivity (Wildman–Crippen MR) is 83.5 cm³/mol. The molecule has 2 aliphatic heterocycles. The number of aromatic nitrogens is 1. The van der Waals surface area contributed by atoms with Crippen molar-refractivity contribution in [2.75, 3.05) is 26.2 Å². The molecule has 1 aromatic carbocycles. The quantitative estimate of drug-likeness (QED) is 0.920. The van der Waals surface area contributed by atoms with Crippen LogP contribution in [0.15, 0.2) is 30.5 Å². The fraction of sp³-hybridized carbons (Fsp3) is 0.412. The van der Waals surface area contributed by atoms with Crippen LogP contribution in [0.5, 0.6) is 0 Å². The van der Waals surface area contributed by atoms with Gasteiger partial charge in [-0.1, -0.05) is 18.2 Å². The standard InChI is InChI=1S/C17H19N3O2/c21-16(19-7-3-4-8-19)12-10-20(11-12)17(22)14-9-18-15-6-2-1-5-13(14)15/h1-2,5-6,9,12,18H,3-4,7-8,10-11H2. The zero-order valence-corrected chi connectivity index (χ0v) is 12.4. The number of para-hydroxylation sites is 1. The summed E-state index contributed by atoms with van der Waals surface area (Å²) in [6.45, 7) is 2.86. The van der Waals surface area contributed by atoms with E-state index in [-0.39, 0.29) is 17.7 Å². The SMILES string of the molecule is O=C(c1c[nH]c2ccccc12)N1CC(C(=O)N2CCCC2)C1. The summed E-state index contributed by atoms with van der Waals surface area (Å²) in [6.07, 6.45) is 3.98. The van der Waals surface area contributed by atoms with Crippen LogP contribution in [0, 0.1) is 5.92 Å². The molecule has 5 heteroatoms. The van der Waals surface area contributed by atoms with Crippen LogP contribution in [0.1, 0.15) is 23.2 Å². The summed E-state index contributed by atoms with van der Waals surface area (Å²) < 4.78 is 0. The second kappa shape index (κ2) is 5.16. The Morgan fingerprint density at radius 2 is 1.77 bits per heavy atom. The van der Waals surface area contributed by atoms with E-state index in [4.69, 9.17) is 0 Å². The van der Waals surface area contributed by atoms with Crippen molar-refractivity contribution in [2.45, 2.75) is 12.8 Å². The van der Waals surface area contributed by atoms with Gasteiger partial charge in [0.2, 0.25) is 5.91 Å². The van der Waals surface area contributed by atoms with Gasteiger partial charge in [0, 0.05) is 43.3 Å². The van der Waals surface area contributed by atoms with Crippen LogP contribution in [-0.4, -0.2) is 52.8 Å². The average molecular weight is 297 g/mol. The Hall–Kier alpha value is -2.30. The first-order valence-corrected chi connectivity index (χ1v) is 7.88. The van der Waals surface area contributed by atoms with Crippen molar-refractivity contribution in [3.63, 3.8) is 0 Å². The highest BCUT2D eigenvalue weighted by atomic mass is 16.2. The van der Waals surface area contributed by atoms with Crippen LogP contribution in [0.4, 0.5) is 0 Å². The van der Waals surface area contributed by atoms with Gasteiger partial charge in [-0.2, -0.15) is 0 Å². The van der Waals surface area contributed by atoms with Gasteiger partial charge in [0.05, 0.1) is 11.5 Å². The summed E-state index contributed by atoms with van der Waals surface area (Å²) in [6, 6.07) is 7.79. The molecule has 0 radical (unpaired) electrons. The first kappa shape index (κ1) is 13.4. The van der Waals surface area contributed by atoms with E-state index in [0.29, 0.717) is 18.7 Å². The van der Waals surface area contributed by atoms with E-state index in [1.807, 2.05) is 29.2 Å². The molecule has 2 fully saturated rings. The van der Waals surface area contributed by atoms with Crippen LogP contribution in [0.2, 0.25) is 0 Å². The Morgan fingerprint density at radius 1 is 1.05 bits per heavy atom. The zero-order valence-electron chi connectivity index (χ0n) is 12.4. The Balaban J connectivity index is 1.44. The third-order valence-corrected chi connectivity index (χ3v) is 4.76. The summed E-state index contributed by atoms with van der Waals surface area (Å²) >= 11 is 0. The van der Waals surface area contributed by atoms with Crippen LogP contribution in [0.3, 0.4) is 0 Å². The molecule has 3 heterocycles. The Kier molecular flexibility index (Phi) is 3.13. The van der Waals surface area contributed by atoms with Gasteiger partial charge in [-0.05, 0) is 18.9 Å². The minimum atomic E-state index is -0.00717. The lowest BCUT2D eigenvalue weighted by molar-refractivity contribution is -0.138. The molecule has 2 aliphatic rings. The molecule has 0 saturated carbocycles. The maximum Gasteiger partial charge on any atom is 0.256 e. The van der Waals surface area contributed by atoms with Crippen LogP contribution < -0.4 is 0 Å². The van der Waals surface area contributed by atoms with E-state index in [1.54, 1.807) is 11.1 Å². The fourth-order valence-electron chi connectivity index (χ4n) is 3.42. The number of amides is 2. The predicted octanol–water partition coefficient (Wildman–Crippen LogP) is 1.86. The third-order valence-electron chi connectivity index (χ3n) is 4.76. The van der Waals surface area contributed by atoms with Gasteiger partial charge in [0.1, 0.15) is 0 Å². The third kappa shape index (κ3) is 2.08. The van der Waals surface area contributed by atoms with Crippen LogP contribution in [0.25, 0.3) is 10.9 Å². The minimum Gasteiger partial charge on any atom is -0.360 e. The highest BCUT2D eigenvalue weighted by Crippen LogP contribution is 2.25. The van der Waals surface area contributed by atoms with Gasteiger partial charge in [-0.25, -0.2) is 0 Å². The number of benzene rings is 1. The molecular formula is C17H19N3O2. The first-order chi connectivity index (χ1) is 10.7. The van der Waals surface area contributed by atoms with E-state index >= 15 is 0 Å². The maximum atomic E-state index is 12.6. The van der Waals surface area contributed by atoms with Crippen LogP contribution >= 0.6 is 0 Å². The molecule has 0 atom stereocenters. The summed E-state index contributed by atoms with van der Waals surface area (Å²) in [7, 11) is 0. The van der Waals surface area contributed by atoms with Crippen molar-refractivity contribution < 1.29 is 9.59 Å². The summed E-state index contributed by atoms with van der Waals surface area (Å²) in [4.78, 5) is 31.7. The number of nitrogens with one attached hydrogen (secondary N) is 1. The molecule has 1 aromatic heterocycles. The number of aromatic amines is 1. The van der Waals surface area contributed by atoms with Crippen molar-refractivity contribution in [1.29, 1.82) is 0 Å². The molecule has 114 valence electrons. The molecule has 2 saturated heterocycles. The zero-order chi connectivity index (χ0) is 15.1. The molecule has 4 rings (SSSR count). The lowest BCUT2D eigenvalue weighted by Gasteiger charge is -2.39. The second-order valence-electron chi connectivity index (χ2n) is 6.19. The number of hydrogen-bond donors (Lipinski definition) is 1. The number of nitrogens with zero attached hydrogens (tertiary/aromatic N) is 2. The van der Waals surface area contributed by atoms with Gasteiger partial charge in [0.25, 0.3) is 5.91 Å². The van der Waals surface area contributed by atoms with Gasteiger partial charge in [-0.3, -0.25) is 9.59 Å². The van der Waals surface area contributed by atoms with Crippen molar-refractivity contribution in [3.05, 3.63) is 36.0 Å². The van der Waals surface area contributed by atoms with Gasteiger partial charge in [0.15, 0.2) is 0 Å². The molecule has 1 N–H and O–H groups in total. The number of rotatable bonds is 2. The largest absolute Gasteiger partial charge is 0.360 e. The highest BCUT2D eigenvalue weighted by Gasteiger charge is 2.39. The molecule has 2 aromatic rings. The molecule has 22 heavy (non-hydrogen) atoms. The number of carbonyl (C=O) groups excluding carboxylic acids is 2. The summed E-state index contributed by atoms with van der Waals surface area (Å²) in [5.41, 5.74) is 1.67. The smallest absolute Gasteiger partial charge is 0.256 e. The summed E-state index contributed by atoms with van der Waals surface area (Å²) in [5, 5.41) is 0.946. The number of hydrogen-bond acceptors (Lipinski definition) is 2. The maximum absolute atomic E-state index is 12.6. The van der Waals surface area contributed by atoms with Crippen molar-refractivity contribution in [1.82, 2.24) is 14.8 Å². The fourth-order valence-corrected chi connectivity index (χ4v) is 3.42. The lowest BCUT2D eigenvalue weighted by Crippen LogP contribution is -2.56. The molecule has 0 bridgehead atoms. The Morgan fingerprint density at radius 3 is 2.55 bits per heavy atom. The topological polar surface area (TPSA) is 56.4 Å². The van der Waals surface area contributed by atoms with E-state index < -0.39 is 0 Å². The van der Waals surface area contributed by atoms with Crippen molar-refractivity contribution >= 4 is 22.7 Å². The highest BCUT2D eigenvalue weighted by molar-refractivity contribution is 6.07. The molecule has 0 aliphatic carbocycles. The molecule has 5 nitrogen and oxygen atoms in total. The molecule has 0 unspecified atom stereocenters. The Bertz CT molecular complexity index is 724. The van der Waals surface area contributed by atoms with Crippen molar-refractivity contribution in [3.8, 4) is 0 Å². The normalized spacial score (nSPS) is 18.7. The van der Waals surface area contributed by atoms with E-state index in [2.05, 4.69) is 4.98 Å². The molecular weight excluding hydrogens is 278 g/mol. The van der Waals surface area contributed by atoms with Gasteiger partial charge in [-0.15, -0.1) is 0 Å². The second-order valence-corrected chi connectivity index (χ2v) is 6.19. The number of H-pyrrole nitrogens is 1. The van der Waals surface area contributed by atoms with E-state index in [9.17, 15) is 9.59 Å². The monoisotopic (exact) mass is 297 g/mol. The first-order valence-electron chi connectivity index (χ1n) is 7.88. The number of fused-ring (bicyclic) bond motifs is 1. The van der Waals surface area contributed by atoms with Gasteiger partial charge >= 0.3 is 0 Å². The minimum absolute atomic E-state index is 0.00717. The Labute approximate surface area is 128 Å². The van der Waals surface area contributed by atoms with Crippen molar-refractivity contribution in [2.24, 2.45) is 5.92 Å². The summed E-state index contributed by atoms with van der Waals surface area (Å²) in [5.74, 6) is 0.232. The number of likely N-dealkylation sites (tertiary alicyclic amines) is 2. The average Bonchev–Trinajstić information content (AvgIpc) is 3.15. The molecule has 0 spiro atoms. The van der Waals surface area contributed by atoms with E-state index in [0.717, 1.165) is 36.8 Å². The van der Waals surface area contributed by atoms with Crippen LogP contribution in [-0.2, 0) is 4.79 Å². The van der Waals surface area contributed by atoms with E-state index in [1.165, 1.54) is 0 Å². The molecule has 2 amide bonds.